The molecule has 2 aromatic rings. The number of nitrogens with zero attached hydrogens (tertiary/aromatic N) is 3. The summed E-state index contributed by atoms with van der Waals surface area (Å²) in [4.78, 5) is 10.8. The highest BCUT2D eigenvalue weighted by Crippen LogP contribution is 2.32. The van der Waals surface area contributed by atoms with Gasteiger partial charge in [-0.3, -0.25) is 10.1 Å². The van der Waals surface area contributed by atoms with E-state index in [0.29, 0.717) is 29.1 Å². The predicted molar refractivity (Wildman–Crippen MR) is 80.5 cm³/mol. The van der Waals surface area contributed by atoms with Gasteiger partial charge in [0.2, 0.25) is 5.89 Å². The highest BCUT2D eigenvalue weighted by Gasteiger charge is 2.17. The van der Waals surface area contributed by atoms with Crippen molar-refractivity contribution in [1.29, 1.82) is 0 Å². The topological polar surface area (TPSA) is 94.1 Å². The van der Waals surface area contributed by atoms with Gasteiger partial charge in [0.25, 0.3) is 10.9 Å². The third kappa shape index (κ3) is 3.94. The summed E-state index contributed by atoms with van der Waals surface area (Å²) in [6.07, 6.45) is 0.890. The van der Waals surface area contributed by atoms with E-state index >= 15 is 0 Å². The maximum absolute atomic E-state index is 11.1. The van der Waals surface area contributed by atoms with Crippen LogP contribution < -0.4 is 5.32 Å². The van der Waals surface area contributed by atoms with Gasteiger partial charge in [0.15, 0.2) is 0 Å². The molecule has 0 radical (unpaired) electrons. The highest BCUT2D eigenvalue weighted by molar-refractivity contribution is 7.98. The molecule has 1 aromatic heterocycles. The van der Waals surface area contributed by atoms with Crippen molar-refractivity contribution in [1.82, 2.24) is 10.2 Å². The van der Waals surface area contributed by atoms with Crippen molar-refractivity contribution in [3.05, 3.63) is 39.8 Å². The molecule has 0 atom stereocenters. The summed E-state index contributed by atoms with van der Waals surface area (Å²) >= 11 is 1.36. The number of aromatic nitrogens is 2. The van der Waals surface area contributed by atoms with Crippen LogP contribution in [0, 0.1) is 17.0 Å². The van der Waals surface area contributed by atoms with Crippen LogP contribution in [-0.2, 0) is 5.75 Å². The fraction of sp³-hybridized carbons (Fsp3) is 0.385. The Balaban J connectivity index is 2.20. The Morgan fingerprint density at radius 3 is 2.86 bits per heavy atom. The molecular formula is C13H16N4O3S. The van der Waals surface area contributed by atoms with Crippen molar-refractivity contribution in [3.8, 4) is 0 Å². The molecule has 0 unspecified atom stereocenters. The summed E-state index contributed by atoms with van der Waals surface area (Å²) in [6.45, 7) is 4.41. The number of aryl methyl sites for hydroxylation is 1. The van der Waals surface area contributed by atoms with E-state index in [1.807, 2.05) is 13.0 Å². The van der Waals surface area contributed by atoms with Gasteiger partial charge in [-0.15, -0.1) is 10.2 Å². The standard InChI is InChI=1S/C13H16N4O3S/c1-3-7-14-12-10(5-4-6-11(12)17(18)19)8-21-13-16-15-9(2)20-13/h4-6,14H,3,7-8H2,1-2H3. The van der Waals surface area contributed by atoms with Crippen LogP contribution in [0.15, 0.2) is 27.8 Å². The van der Waals surface area contributed by atoms with E-state index < -0.39 is 0 Å². The third-order valence-corrected chi connectivity index (χ3v) is 3.60. The van der Waals surface area contributed by atoms with E-state index in [1.54, 1.807) is 13.0 Å². The molecule has 0 saturated carbocycles. The number of anilines is 1. The van der Waals surface area contributed by atoms with Gasteiger partial charge in [-0.25, -0.2) is 0 Å². The van der Waals surface area contributed by atoms with E-state index in [0.717, 1.165) is 12.0 Å². The number of nitrogens with one attached hydrogen (secondary N) is 1. The molecule has 0 aliphatic rings. The lowest BCUT2D eigenvalue weighted by Crippen LogP contribution is -2.06. The van der Waals surface area contributed by atoms with Crippen LogP contribution in [0.1, 0.15) is 24.8 Å². The maximum Gasteiger partial charge on any atom is 0.292 e. The first-order valence-corrected chi connectivity index (χ1v) is 7.53. The van der Waals surface area contributed by atoms with Crippen molar-refractivity contribution in [2.45, 2.75) is 31.2 Å². The number of benzene rings is 1. The lowest BCUT2D eigenvalue weighted by atomic mass is 10.1. The number of thioether (sulfide) groups is 1. The monoisotopic (exact) mass is 308 g/mol. The van der Waals surface area contributed by atoms with Crippen molar-refractivity contribution < 1.29 is 9.34 Å². The van der Waals surface area contributed by atoms with Gasteiger partial charge >= 0.3 is 0 Å². The van der Waals surface area contributed by atoms with E-state index in [2.05, 4.69) is 15.5 Å². The van der Waals surface area contributed by atoms with Gasteiger partial charge in [0.05, 0.1) is 4.92 Å². The second kappa shape index (κ2) is 7.07. The maximum atomic E-state index is 11.1. The number of para-hydroxylation sites is 1. The van der Waals surface area contributed by atoms with Gasteiger partial charge in [0.1, 0.15) is 5.69 Å². The van der Waals surface area contributed by atoms with Gasteiger partial charge in [-0.2, -0.15) is 0 Å². The Kier molecular flexibility index (Phi) is 5.15. The molecule has 1 N–H and O–H groups in total. The van der Waals surface area contributed by atoms with Crippen molar-refractivity contribution in [2.75, 3.05) is 11.9 Å². The molecular weight excluding hydrogens is 292 g/mol. The first-order chi connectivity index (χ1) is 10.1. The Labute approximate surface area is 126 Å². The smallest absolute Gasteiger partial charge is 0.292 e. The number of nitro benzene ring substituents is 1. The summed E-state index contributed by atoms with van der Waals surface area (Å²) in [5, 5.41) is 22.4. The summed E-state index contributed by atoms with van der Waals surface area (Å²) in [6, 6.07) is 5.05. The second-order valence-corrected chi connectivity index (χ2v) is 5.30. The van der Waals surface area contributed by atoms with E-state index in [4.69, 9.17) is 4.42 Å². The van der Waals surface area contributed by atoms with Gasteiger partial charge < -0.3 is 9.73 Å². The van der Waals surface area contributed by atoms with Crippen molar-refractivity contribution in [3.63, 3.8) is 0 Å². The van der Waals surface area contributed by atoms with Crippen molar-refractivity contribution in [2.24, 2.45) is 0 Å². The second-order valence-electron chi connectivity index (χ2n) is 4.37. The molecule has 0 fully saturated rings. The normalized spacial score (nSPS) is 10.6. The quantitative estimate of drug-likeness (QED) is 0.476. The fourth-order valence-electron chi connectivity index (χ4n) is 1.79. The summed E-state index contributed by atoms with van der Waals surface area (Å²) < 4.78 is 5.29. The lowest BCUT2D eigenvalue weighted by Gasteiger charge is -2.10. The van der Waals surface area contributed by atoms with Gasteiger partial charge in [0, 0.05) is 25.3 Å². The predicted octanol–water partition coefficient (Wildman–Crippen LogP) is 3.40. The third-order valence-electron chi connectivity index (χ3n) is 2.74. The minimum absolute atomic E-state index is 0.0864. The minimum Gasteiger partial charge on any atom is -0.416 e. The van der Waals surface area contributed by atoms with Crippen molar-refractivity contribution >= 4 is 23.1 Å². The molecule has 112 valence electrons. The van der Waals surface area contributed by atoms with Crippen LogP contribution in [0.4, 0.5) is 11.4 Å². The molecule has 0 bridgehead atoms. The van der Waals surface area contributed by atoms with Gasteiger partial charge in [-0.1, -0.05) is 30.8 Å². The summed E-state index contributed by atoms with van der Waals surface area (Å²) in [7, 11) is 0. The molecule has 7 nitrogen and oxygen atoms in total. The Bertz CT molecular complexity index is 630. The highest BCUT2D eigenvalue weighted by atomic mass is 32.2. The molecule has 0 amide bonds. The van der Waals surface area contributed by atoms with E-state index in [-0.39, 0.29) is 10.6 Å². The average molecular weight is 308 g/mol. The molecule has 21 heavy (non-hydrogen) atoms. The number of hydrogen-bond donors (Lipinski definition) is 1. The van der Waals surface area contributed by atoms with Crippen LogP contribution in [0.25, 0.3) is 0 Å². The minimum atomic E-state index is -0.372. The summed E-state index contributed by atoms with van der Waals surface area (Å²) in [5.74, 6) is 1.02. The first-order valence-electron chi connectivity index (χ1n) is 6.55. The zero-order chi connectivity index (χ0) is 15.2. The summed E-state index contributed by atoms with van der Waals surface area (Å²) in [5.41, 5.74) is 1.50. The first kappa shape index (κ1) is 15.3. The number of hydrogen-bond acceptors (Lipinski definition) is 7. The SMILES string of the molecule is CCCNc1c(CSc2nnc(C)o2)cccc1[N+](=O)[O-]. The van der Waals surface area contributed by atoms with Gasteiger partial charge in [-0.05, 0) is 12.0 Å². The average Bonchev–Trinajstić information content (AvgIpc) is 2.88. The number of rotatable bonds is 7. The van der Waals surface area contributed by atoms with Crippen LogP contribution >= 0.6 is 11.8 Å². The van der Waals surface area contributed by atoms with E-state index in [1.165, 1.54) is 17.8 Å². The van der Waals surface area contributed by atoms with E-state index in [9.17, 15) is 10.1 Å². The molecule has 0 aliphatic heterocycles. The van der Waals surface area contributed by atoms with Crippen LogP contribution in [0.5, 0.6) is 0 Å². The Morgan fingerprint density at radius 1 is 1.43 bits per heavy atom. The zero-order valence-electron chi connectivity index (χ0n) is 11.8. The lowest BCUT2D eigenvalue weighted by molar-refractivity contribution is -0.384. The fourth-order valence-corrected chi connectivity index (χ4v) is 2.59. The van der Waals surface area contributed by atoms with Crippen LogP contribution in [0.3, 0.4) is 0 Å². The molecule has 1 aromatic carbocycles. The zero-order valence-corrected chi connectivity index (χ0v) is 12.6. The van der Waals surface area contributed by atoms with Crippen LogP contribution in [-0.4, -0.2) is 21.7 Å². The largest absolute Gasteiger partial charge is 0.416 e. The molecule has 0 spiro atoms. The number of nitro groups is 1. The van der Waals surface area contributed by atoms with Crippen LogP contribution in [0.2, 0.25) is 0 Å². The molecule has 8 heteroatoms. The Morgan fingerprint density at radius 2 is 2.24 bits per heavy atom. The molecule has 0 aliphatic carbocycles. The molecule has 1 heterocycles. The Hall–Kier alpha value is -2.09. The molecule has 0 saturated heterocycles. The molecule has 2 rings (SSSR count).